The highest BCUT2D eigenvalue weighted by Gasteiger charge is 2.76. The van der Waals surface area contributed by atoms with Gasteiger partial charge in [0.05, 0.1) is 24.9 Å². The predicted molar refractivity (Wildman–Crippen MR) is 81.4 cm³/mol. The first-order valence-corrected chi connectivity index (χ1v) is 8.44. The summed E-state index contributed by atoms with van der Waals surface area (Å²) in [6.07, 6.45) is 5.37. The van der Waals surface area contributed by atoms with Crippen LogP contribution in [0.4, 0.5) is 0 Å². The number of ketones is 1. The number of carbonyl (C=O) groups excluding carboxylic acids is 2. The number of hydrogen-bond acceptors (Lipinski definition) is 5. The molecule has 0 amide bonds. The van der Waals surface area contributed by atoms with Gasteiger partial charge in [0, 0.05) is 23.2 Å². The predicted octanol–water partition coefficient (Wildman–Crippen LogP) is 1.63. The smallest absolute Gasteiger partial charge is 0.305 e. The normalized spacial score (nSPS) is 52.8. The van der Waals surface area contributed by atoms with E-state index in [-0.39, 0.29) is 35.6 Å². The maximum Gasteiger partial charge on any atom is 0.305 e. The van der Waals surface area contributed by atoms with Crippen molar-refractivity contribution in [3.05, 3.63) is 12.2 Å². The number of ether oxygens (including phenoxy) is 2. The van der Waals surface area contributed by atoms with E-state index in [0.717, 1.165) is 12.8 Å². The van der Waals surface area contributed by atoms with Gasteiger partial charge in [0.1, 0.15) is 0 Å². The summed E-state index contributed by atoms with van der Waals surface area (Å²) in [5, 5.41) is 11.0. The fraction of sp³-hybridized carbons (Fsp3) is 0.778. The van der Waals surface area contributed by atoms with Crippen LogP contribution in [0.1, 0.15) is 39.5 Å². The average Bonchev–Trinajstić information content (AvgIpc) is 2.87. The summed E-state index contributed by atoms with van der Waals surface area (Å²) in [4.78, 5) is 24.3. The lowest BCUT2D eigenvalue weighted by Gasteiger charge is -2.57. The Kier molecular flexibility index (Phi) is 2.97. The molecule has 1 N–H and O–H groups in total. The molecule has 2 heterocycles. The molecule has 2 saturated heterocycles. The molecule has 126 valence electrons. The molecule has 3 aliphatic carbocycles. The summed E-state index contributed by atoms with van der Waals surface area (Å²) >= 11 is 0. The number of aliphatic hydroxyl groups excluding tert-OH is 1. The van der Waals surface area contributed by atoms with Gasteiger partial charge in [-0.25, -0.2) is 0 Å². The van der Waals surface area contributed by atoms with Crippen LogP contribution in [0.15, 0.2) is 12.2 Å². The number of methoxy groups -OCH3 is 1. The van der Waals surface area contributed by atoms with Crippen LogP contribution in [0, 0.1) is 22.7 Å². The molecule has 1 spiro atoms. The third-order valence-corrected chi connectivity index (χ3v) is 7.21. The van der Waals surface area contributed by atoms with E-state index in [4.69, 9.17) is 9.47 Å². The molecular formula is C18H24O5. The second-order valence-electron chi connectivity index (χ2n) is 8.16. The Labute approximate surface area is 136 Å². The van der Waals surface area contributed by atoms with Gasteiger partial charge in [0.15, 0.2) is 5.78 Å². The van der Waals surface area contributed by atoms with E-state index in [9.17, 15) is 14.7 Å². The van der Waals surface area contributed by atoms with Crippen molar-refractivity contribution in [2.45, 2.75) is 57.3 Å². The average molecular weight is 320 g/mol. The van der Waals surface area contributed by atoms with Crippen molar-refractivity contribution in [2.24, 2.45) is 22.7 Å². The summed E-state index contributed by atoms with van der Waals surface area (Å²) in [7, 11) is 1.36. The molecule has 0 aromatic heterocycles. The lowest BCUT2D eigenvalue weighted by atomic mass is 9.50. The highest BCUT2D eigenvalue weighted by Crippen LogP contribution is 2.71. The van der Waals surface area contributed by atoms with Gasteiger partial charge < -0.3 is 14.6 Å². The van der Waals surface area contributed by atoms with E-state index >= 15 is 0 Å². The van der Waals surface area contributed by atoms with E-state index in [2.05, 4.69) is 0 Å². The monoisotopic (exact) mass is 320 g/mol. The van der Waals surface area contributed by atoms with Crippen molar-refractivity contribution in [1.29, 1.82) is 0 Å². The van der Waals surface area contributed by atoms with Crippen molar-refractivity contribution in [3.63, 3.8) is 0 Å². The molecule has 5 rings (SSSR count). The summed E-state index contributed by atoms with van der Waals surface area (Å²) in [6.45, 7) is 3.93. The van der Waals surface area contributed by atoms with Crippen molar-refractivity contribution < 1.29 is 24.2 Å². The first kappa shape index (κ1) is 15.3. The molecule has 5 aliphatic rings. The van der Waals surface area contributed by atoms with Crippen LogP contribution in [-0.4, -0.2) is 41.8 Å². The Hall–Kier alpha value is -1.20. The molecule has 23 heavy (non-hydrogen) atoms. The van der Waals surface area contributed by atoms with Crippen molar-refractivity contribution >= 4 is 11.8 Å². The summed E-state index contributed by atoms with van der Waals surface area (Å²) in [5.74, 6) is 0.00914. The summed E-state index contributed by atoms with van der Waals surface area (Å²) in [5.41, 5.74) is -1.57. The molecule has 7 atom stereocenters. The molecular weight excluding hydrogens is 296 g/mol. The van der Waals surface area contributed by atoms with E-state index in [0.29, 0.717) is 12.3 Å². The maximum absolute atomic E-state index is 12.7. The summed E-state index contributed by atoms with van der Waals surface area (Å²) in [6, 6.07) is 0. The first-order valence-electron chi connectivity index (χ1n) is 8.44. The maximum atomic E-state index is 12.7. The highest BCUT2D eigenvalue weighted by atomic mass is 16.5. The minimum absolute atomic E-state index is 0.0151. The Morgan fingerprint density at radius 3 is 2.87 bits per heavy atom. The lowest BCUT2D eigenvalue weighted by molar-refractivity contribution is -0.219. The second-order valence-corrected chi connectivity index (χ2v) is 8.16. The molecule has 4 bridgehead atoms. The fourth-order valence-corrected chi connectivity index (χ4v) is 6.06. The van der Waals surface area contributed by atoms with Gasteiger partial charge in [0.2, 0.25) is 0 Å². The minimum Gasteiger partial charge on any atom is -0.469 e. The van der Waals surface area contributed by atoms with Crippen molar-refractivity contribution in [1.82, 2.24) is 0 Å². The Morgan fingerprint density at radius 1 is 1.48 bits per heavy atom. The van der Waals surface area contributed by atoms with Crippen LogP contribution in [0.3, 0.4) is 0 Å². The van der Waals surface area contributed by atoms with E-state index in [1.807, 2.05) is 19.9 Å². The minimum atomic E-state index is -0.689. The molecule has 2 saturated carbocycles. The van der Waals surface area contributed by atoms with Crippen LogP contribution in [0.25, 0.3) is 0 Å². The van der Waals surface area contributed by atoms with Gasteiger partial charge in [-0.1, -0.05) is 13.0 Å². The molecule has 0 radical (unpaired) electrons. The quantitative estimate of drug-likeness (QED) is 0.800. The molecule has 1 unspecified atom stereocenters. The van der Waals surface area contributed by atoms with E-state index in [1.165, 1.54) is 7.11 Å². The Bertz CT molecular complexity index is 613. The van der Waals surface area contributed by atoms with Crippen molar-refractivity contribution in [2.75, 3.05) is 7.11 Å². The van der Waals surface area contributed by atoms with Gasteiger partial charge in [-0.15, -0.1) is 0 Å². The van der Waals surface area contributed by atoms with Crippen LogP contribution in [0.2, 0.25) is 0 Å². The zero-order valence-electron chi connectivity index (χ0n) is 13.9. The molecule has 4 fully saturated rings. The van der Waals surface area contributed by atoms with Gasteiger partial charge in [0.25, 0.3) is 0 Å². The SMILES string of the molecule is COC(=O)CC[C@]1(C)C(=O)C=C[C@]23CC4C[C@H](O[C@@]4(C)[C@@H]2O)[C@H]31. The largest absolute Gasteiger partial charge is 0.469 e. The zero-order chi connectivity index (χ0) is 16.6. The van der Waals surface area contributed by atoms with Gasteiger partial charge in [-0.05, 0) is 38.2 Å². The fourth-order valence-electron chi connectivity index (χ4n) is 6.06. The van der Waals surface area contributed by atoms with Crippen molar-refractivity contribution in [3.8, 4) is 0 Å². The topological polar surface area (TPSA) is 72.8 Å². The molecule has 0 aromatic carbocycles. The number of carbonyl (C=O) groups is 2. The van der Waals surface area contributed by atoms with E-state index in [1.54, 1.807) is 6.08 Å². The van der Waals surface area contributed by atoms with Crippen LogP contribution in [0.5, 0.6) is 0 Å². The van der Waals surface area contributed by atoms with Crippen LogP contribution >= 0.6 is 0 Å². The second kappa shape index (κ2) is 4.45. The third-order valence-electron chi connectivity index (χ3n) is 7.21. The number of aliphatic hydroxyl groups is 1. The number of allylic oxidation sites excluding steroid dienone is 1. The standard InChI is InChI=1S/C18H24O5/c1-16(6-5-13(20)22-3)12(19)4-7-18-9-10-8-11(14(16)18)23-17(10,2)15(18)21/h4,7,10-11,14-15,21H,5-6,8-9H2,1-3H3/t10?,11-,14-,15-,16+,17+,18+/m0/s1. The third kappa shape index (κ3) is 1.65. The Morgan fingerprint density at radius 2 is 2.22 bits per heavy atom. The van der Waals surface area contributed by atoms with Crippen LogP contribution < -0.4 is 0 Å². The molecule has 0 aromatic rings. The highest BCUT2D eigenvalue weighted by molar-refractivity contribution is 5.96. The summed E-state index contributed by atoms with van der Waals surface area (Å²) < 4.78 is 11.0. The molecule has 5 nitrogen and oxygen atoms in total. The molecule has 2 aliphatic heterocycles. The lowest BCUT2D eigenvalue weighted by Crippen LogP contribution is -2.62. The molecule has 5 heteroatoms. The van der Waals surface area contributed by atoms with Gasteiger partial charge in [-0.3, -0.25) is 9.59 Å². The zero-order valence-corrected chi connectivity index (χ0v) is 13.9. The Balaban J connectivity index is 1.75. The number of esters is 1. The van der Waals surface area contributed by atoms with Crippen LogP contribution in [-0.2, 0) is 19.1 Å². The first-order chi connectivity index (χ1) is 10.8. The van der Waals surface area contributed by atoms with E-state index < -0.39 is 17.1 Å². The van der Waals surface area contributed by atoms with Gasteiger partial charge >= 0.3 is 5.97 Å². The number of hydrogen-bond donors (Lipinski definition) is 1. The number of rotatable bonds is 3. The van der Waals surface area contributed by atoms with Gasteiger partial charge in [-0.2, -0.15) is 0 Å².